The fourth-order valence-electron chi connectivity index (χ4n) is 2.28. The van der Waals surface area contributed by atoms with Crippen molar-refractivity contribution in [1.29, 1.82) is 0 Å². The number of hydrogen-bond donors (Lipinski definition) is 2. The third-order valence-electron chi connectivity index (χ3n) is 3.20. The minimum absolute atomic E-state index is 0.164. The van der Waals surface area contributed by atoms with E-state index in [0.29, 0.717) is 6.42 Å². The molecule has 0 aromatic rings. The summed E-state index contributed by atoms with van der Waals surface area (Å²) in [6, 6.07) is 0.247. The highest BCUT2D eigenvalue weighted by Gasteiger charge is 2.15. The summed E-state index contributed by atoms with van der Waals surface area (Å²) in [5, 5.41) is 6.30. The van der Waals surface area contributed by atoms with Crippen molar-refractivity contribution in [2.75, 3.05) is 33.2 Å². The van der Waals surface area contributed by atoms with Crippen molar-refractivity contribution in [3.8, 4) is 0 Å². The zero-order valence-corrected chi connectivity index (χ0v) is 11.5. The van der Waals surface area contributed by atoms with Crippen molar-refractivity contribution >= 4 is 5.91 Å². The Balaban J connectivity index is 2.11. The van der Waals surface area contributed by atoms with Crippen LogP contribution in [0.15, 0.2) is 0 Å². The highest BCUT2D eigenvalue weighted by atomic mass is 16.1. The van der Waals surface area contributed by atoms with Gasteiger partial charge in [-0.3, -0.25) is 4.79 Å². The Bertz CT molecular complexity index is 225. The first-order chi connectivity index (χ1) is 8.08. The SMILES string of the molecule is CC(C)NC(=O)CCN(C)CC1CCNCC1. The Kier molecular flexibility index (Phi) is 6.52. The fourth-order valence-corrected chi connectivity index (χ4v) is 2.28. The van der Waals surface area contributed by atoms with Gasteiger partial charge < -0.3 is 15.5 Å². The average molecular weight is 241 g/mol. The van der Waals surface area contributed by atoms with Crippen LogP contribution in [0.4, 0.5) is 0 Å². The lowest BCUT2D eigenvalue weighted by Gasteiger charge is -2.27. The second-order valence-electron chi connectivity index (χ2n) is 5.43. The quantitative estimate of drug-likeness (QED) is 0.724. The van der Waals surface area contributed by atoms with Gasteiger partial charge in [0.05, 0.1) is 0 Å². The lowest BCUT2D eigenvalue weighted by Crippen LogP contribution is -2.37. The maximum atomic E-state index is 11.5. The summed E-state index contributed by atoms with van der Waals surface area (Å²) < 4.78 is 0. The van der Waals surface area contributed by atoms with Gasteiger partial charge in [-0.05, 0) is 52.7 Å². The molecule has 0 atom stereocenters. The van der Waals surface area contributed by atoms with E-state index in [9.17, 15) is 4.79 Å². The molecule has 1 rings (SSSR count). The lowest BCUT2D eigenvalue weighted by molar-refractivity contribution is -0.121. The Hall–Kier alpha value is -0.610. The van der Waals surface area contributed by atoms with Gasteiger partial charge in [0.1, 0.15) is 0 Å². The third-order valence-corrected chi connectivity index (χ3v) is 3.20. The molecule has 1 saturated heterocycles. The Morgan fingerprint density at radius 3 is 2.65 bits per heavy atom. The molecule has 2 N–H and O–H groups in total. The van der Waals surface area contributed by atoms with Gasteiger partial charge in [0.15, 0.2) is 0 Å². The highest BCUT2D eigenvalue weighted by Crippen LogP contribution is 2.12. The van der Waals surface area contributed by atoms with E-state index >= 15 is 0 Å². The molecule has 1 aliphatic rings. The molecular weight excluding hydrogens is 214 g/mol. The van der Waals surface area contributed by atoms with Crippen LogP contribution >= 0.6 is 0 Å². The standard InChI is InChI=1S/C13H27N3O/c1-11(2)15-13(17)6-9-16(3)10-12-4-7-14-8-5-12/h11-12,14H,4-10H2,1-3H3,(H,15,17). The van der Waals surface area contributed by atoms with E-state index in [-0.39, 0.29) is 11.9 Å². The predicted molar refractivity (Wildman–Crippen MR) is 71.0 cm³/mol. The molecule has 0 aromatic carbocycles. The molecule has 0 radical (unpaired) electrons. The third kappa shape index (κ3) is 6.64. The predicted octanol–water partition coefficient (Wildman–Crippen LogP) is 0.833. The molecule has 1 fully saturated rings. The maximum Gasteiger partial charge on any atom is 0.221 e. The number of carbonyl (C=O) groups is 1. The number of nitrogens with one attached hydrogen (secondary N) is 2. The number of nitrogens with zero attached hydrogens (tertiary/aromatic N) is 1. The molecular formula is C13H27N3O. The summed E-state index contributed by atoms with van der Waals surface area (Å²) in [6.45, 7) is 8.27. The second-order valence-corrected chi connectivity index (χ2v) is 5.43. The number of hydrogen-bond acceptors (Lipinski definition) is 3. The van der Waals surface area contributed by atoms with Gasteiger partial charge in [-0.15, -0.1) is 0 Å². The normalized spacial score (nSPS) is 17.7. The zero-order chi connectivity index (χ0) is 12.7. The van der Waals surface area contributed by atoms with Crippen LogP contribution in [0.25, 0.3) is 0 Å². The van der Waals surface area contributed by atoms with Crippen LogP contribution < -0.4 is 10.6 Å². The topological polar surface area (TPSA) is 44.4 Å². The van der Waals surface area contributed by atoms with Crippen LogP contribution in [-0.2, 0) is 4.79 Å². The highest BCUT2D eigenvalue weighted by molar-refractivity contribution is 5.76. The molecule has 17 heavy (non-hydrogen) atoms. The lowest BCUT2D eigenvalue weighted by atomic mass is 9.98. The average Bonchev–Trinajstić information content (AvgIpc) is 2.27. The Morgan fingerprint density at radius 1 is 1.41 bits per heavy atom. The van der Waals surface area contributed by atoms with Crippen LogP contribution in [0, 0.1) is 5.92 Å². The summed E-state index contributed by atoms with van der Waals surface area (Å²) >= 11 is 0. The largest absolute Gasteiger partial charge is 0.354 e. The van der Waals surface area contributed by atoms with E-state index in [0.717, 1.165) is 32.1 Å². The summed E-state index contributed by atoms with van der Waals surface area (Å²) in [7, 11) is 2.12. The van der Waals surface area contributed by atoms with Crippen molar-refractivity contribution in [3.63, 3.8) is 0 Å². The van der Waals surface area contributed by atoms with E-state index in [1.165, 1.54) is 12.8 Å². The van der Waals surface area contributed by atoms with Crippen molar-refractivity contribution in [2.45, 2.75) is 39.2 Å². The number of amides is 1. The van der Waals surface area contributed by atoms with E-state index in [2.05, 4.69) is 22.6 Å². The summed E-state index contributed by atoms with van der Waals surface area (Å²) in [5.41, 5.74) is 0. The first-order valence-corrected chi connectivity index (χ1v) is 6.76. The van der Waals surface area contributed by atoms with Gasteiger partial charge in [-0.25, -0.2) is 0 Å². The molecule has 1 amide bonds. The number of carbonyl (C=O) groups excluding carboxylic acids is 1. The van der Waals surface area contributed by atoms with Crippen LogP contribution in [0.3, 0.4) is 0 Å². The van der Waals surface area contributed by atoms with Crippen molar-refractivity contribution in [1.82, 2.24) is 15.5 Å². The minimum atomic E-state index is 0.164. The zero-order valence-electron chi connectivity index (χ0n) is 11.5. The molecule has 0 saturated carbocycles. The molecule has 0 aliphatic carbocycles. The fraction of sp³-hybridized carbons (Fsp3) is 0.923. The first kappa shape index (κ1) is 14.5. The first-order valence-electron chi connectivity index (χ1n) is 6.76. The Morgan fingerprint density at radius 2 is 2.06 bits per heavy atom. The van der Waals surface area contributed by atoms with Crippen molar-refractivity contribution < 1.29 is 4.79 Å². The minimum Gasteiger partial charge on any atom is -0.354 e. The van der Waals surface area contributed by atoms with Crippen molar-refractivity contribution in [2.24, 2.45) is 5.92 Å². The van der Waals surface area contributed by atoms with E-state index < -0.39 is 0 Å². The number of piperidine rings is 1. The second kappa shape index (κ2) is 7.67. The van der Waals surface area contributed by atoms with Gasteiger partial charge in [-0.1, -0.05) is 0 Å². The van der Waals surface area contributed by atoms with Gasteiger partial charge in [0.2, 0.25) is 5.91 Å². The smallest absolute Gasteiger partial charge is 0.221 e. The number of rotatable bonds is 6. The molecule has 0 aromatic heterocycles. The maximum absolute atomic E-state index is 11.5. The van der Waals surface area contributed by atoms with E-state index in [1.54, 1.807) is 0 Å². The van der Waals surface area contributed by atoms with E-state index in [1.807, 2.05) is 13.8 Å². The van der Waals surface area contributed by atoms with Gasteiger partial charge in [-0.2, -0.15) is 0 Å². The molecule has 100 valence electrons. The van der Waals surface area contributed by atoms with Crippen LogP contribution in [0.1, 0.15) is 33.1 Å². The molecule has 4 heteroatoms. The summed E-state index contributed by atoms with van der Waals surface area (Å²) in [4.78, 5) is 13.8. The van der Waals surface area contributed by atoms with Crippen LogP contribution in [-0.4, -0.2) is 50.1 Å². The molecule has 1 aliphatic heterocycles. The molecule has 0 unspecified atom stereocenters. The molecule has 1 heterocycles. The van der Waals surface area contributed by atoms with Gasteiger partial charge >= 0.3 is 0 Å². The van der Waals surface area contributed by atoms with Crippen LogP contribution in [0.5, 0.6) is 0 Å². The van der Waals surface area contributed by atoms with Crippen LogP contribution in [0.2, 0.25) is 0 Å². The molecule has 4 nitrogen and oxygen atoms in total. The monoisotopic (exact) mass is 241 g/mol. The van der Waals surface area contributed by atoms with Crippen molar-refractivity contribution in [3.05, 3.63) is 0 Å². The van der Waals surface area contributed by atoms with Gasteiger partial charge in [0, 0.05) is 25.6 Å². The van der Waals surface area contributed by atoms with E-state index in [4.69, 9.17) is 0 Å². The molecule has 0 bridgehead atoms. The molecule has 0 spiro atoms. The summed E-state index contributed by atoms with van der Waals surface area (Å²) in [6.07, 6.45) is 3.14. The van der Waals surface area contributed by atoms with Gasteiger partial charge in [0.25, 0.3) is 0 Å². The summed E-state index contributed by atoms with van der Waals surface area (Å²) in [5.74, 6) is 0.964. The Labute approximate surface area is 105 Å².